The van der Waals surface area contributed by atoms with Gasteiger partial charge in [-0.25, -0.2) is 9.78 Å². The zero-order valence-corrected chi connectivity index (χ0v) is 9.47. The Balaban J connectivity index is 2.48. The van der Waals surface area contributed by atoms with Gasteiger partial charge in [0, 0.05) is 24.5 Å². The van der Waals surface area contributed by atoms with Crippen LogP contribution in [0.2, 0.25) is 0 Å². The normalized spacial score (nSPS) is 10.4. The van der Waals surface area contributed by atoms with E-state index in [-0.39, 0.29) is 5.69 Å². The fourth-order valence-electron chi connectivity index (χ4n) is 1.58. The minimum absolute atomic E-state index is 0.196. The Morgan fingerprint density at radius 1 is 1.19 bits per heavy atom. The standard InChI is InChI=1S/C13H14N2O/c1-3-15-9-12(8-14-13(15)16)11-6-4-10(2)5-7-11/h4-9H,3H2,1-2H3. The number of benzene rings is 1. The monoisotopic (exact) mass is 214 g/mol. The van der Waals surface area contributed by atoms with Crippen LogP contribution < -0.4 is 5.69 Å². The quantitative estimate of drug-likeness (QED) is 0.768. The molecule has 0 amide bonds. The van der Waals surface area contributed by atoms with Crippen molar-refractivity contribution in [3.63, 3.8) is 0 Å². The Morgan fingerprint density at radius 2 is 1.88 bits per heavy atom. The van der Waals surface area contributed by atoms with Crippen molar-refractivity contribution in [3.8, 4) is 11.1 Å². The predicted octanol–water partition coefficient (Wildman–Crippen LogP) is 2.24. The van der Waals surface area contributed by atoms with Crippen molar-refractivity contribution in [1.29, 1.82) is 0 Å². The molecule has 0 bridgehead atoms. The number of hydrogen-bond donors (Lipinski definition) is 0. The van der Waals surface area contributed by atoms with Crippen LogP contribution >= 0.6 is 0 Å². The Bertz CT molecular complexity index is 541. The highest BCUT2D eigenvalue weighted by molar-refractivity contribution is 5.61. The van der Waals surface area contributed by atoms with E-state index in [1.54, 1.807) is 10.8 Å². The second-order valence-corrected chi connectivity index (χ2v) is 3.78. The molecule has 0 fully saturated rings. The van der Waals surface area contributed by atoms with E-state index in [2.05, 4.69) is 24.0 Å². The van der Waals surface area contributed by atoms with E-state index in [0.717, 1.165) is 11.1 Å². The first-order valence-corrected chi connectivity index (χ1v) is 5.34. The lowest BCUT2D eigenvalue weighted by Gasteiger charge is -2.05. The molecular formula is C13H14N2O. The average Bonchev–Trinajstić information content (AvgIpc) is 2.31. The molecule has 0 aliphatic rings. The molecule has 3 nitrogen and oxygen atoms in total. The fraction of sp³-hybridized carbons (Fsp3) is 0.231. The van der Waals surface area contributed by atoms with E-state index < -0.39 is 0 Å². The topological polar surface area (TPSA) is 34.9 Å². The second kappa shape index (κ2) is 4.31. The third kappa shape index (κ3) is 2.03. The van der Waals surface area contributed by atoms with Crippen LogP contribution in [0.3, 0.4) is 0 Å². The van der Waals surface area contributed by atoms with Crippen molar-refractivity contribution >= 4 is 0 Å². The van der Waals surface area contributed by atoms with Gasteiger partial charge in [-0.1, -0.05) is 29.8 Å². The zero-order chi connectivity index (χ0) is 11.5. The molecule has 0 N–H and O–H groups in total. The van der Waals surface area contributed by atoms with Gasteiger partial charge in [0.1, 0.15) is 0 Å². The molecule has 0 radical (unpaired) electrons. The van der Waals surface area contributed by atoms with Gasteiger partial charge in [0.2, 0.25) is 0 Å². The van der Waals surface area contributed by atoms with Gasteiger partial charge in [-0.15, -0.1) is 0 Å². The van der Waals surface area contributed by atoms with Crippen molar-refractivity contribution in [2.45, 2.75) is 20.4 Å². The van der Waals surface area contributed by atoms with Gasteiger partial charge >= 0.3 is 5.69 Å². The number of aryl methyl sites for hydroxylation is 2. The first-order valence-electron chi connectivity index (χ1n) is 5.34. The molecule has 1 aromatic heterocycles. The van der Waals surface area contributed by atoms with Crippen molar-refractivity contribution in [2.75, 3.05) is 0 Å². The van der Waals surface area contributed by atoms with Gasteiger partial charge in [-0.05, 0) is 19.4 Å². The van der Waals surface area contributed by atoms with E-state index in [0.29, 0.717) is 6.54 Å². The van der Waals surface area contributed by atoms with E-state index >= 15 is 0 Å². The summed E-state index contributed by atoms with van der Waals surface area (Å²) in [5.74, 6) is 0. The van der Waals surface area contributed by atoms with Crippen molar-refractivity contribution in [1.82, 2.24) is 9.55 Å². The van der Waals surface area contributed by atoms with Crippen LogP contribution in [0.4, 0.5) is 0 Å². The highest BCUT2D eigenvalue weighted by Crippen LogP contribution is 2.17. The van der Waals surface area contributed by atoms with Crippen molar-refractivity contribution < 1.29 is 0 Å². The lowest BCUT2D eigenvalue weighted by molar-refractivity contribution is 0.700. The van der Waals surface area contributed by atoms with Crippen LogP contribution in [-0.4, -0.2) is 9.55 Å². The lowest BCUT2D eigenvalue weighted by Crippen LogP contribution is -2.21. The van der Waals surface area contributed by atoms with Crippen LogP contribution in [0.1, 0.15) is 12.5 Å². The molecule has 1 heterocycles. The summed E-state index contributed by atoms with van der Waals surface area (Å²) in [5.41, 5.74) is 3.08. The highest BCUT2D eigenvalue weighted by atomic mass is 16.1. The molecule has 0 spiro atoms. The summed E-state index contributed by atoms with van der Waals surface area (Å²) in [5, 5.41) is 0. The minimum Gasteiger partial charge on any atom is -0.299 e. The largest absolute Gasteiger partial charge is 0.347 e. The molecule has 82 valence electrons. The molecule has 2 aromatic rings. The smallest absolute Gasteiger partial charge is 0.299 e. The molecule has 1 aromatic carbocycles. The third-order valence-corrected chi connectivity index (χ3v) is 2.58. The summed E-state index contributed by atoms with van der Waals surface area (Å²) >= 11 is 0. The maximum Gasteiger partial charge on any atom is 0.347 e. The number of rotatable bonds is 2. The number of hydrogen-bond acceptors (Lipinski definition) is 2. The van der Waals surface area contributed by atoms with Crippen LogP contribution in [0.5, 0.6) is 0 Å². The molecule has 3 heteroatoms. The van der Waals surface area contributed by atoms with Gasteiger partial charge in [0.25, 0.3) is 0 Å². The minimum atomic E-state index is -0.196. The Kier molecular flexibility index (Phi) is 2.86. The number of aromatic nitrogens is 2. The summed E-state index contributed by atoms with van der Waals surface area (Å²) in [6.45, 7) is 4.63. The molecular weight excluding hydrogens is 200 g/mol. The fourth-order valence-corrected chi connectivity index (χ4v) is 1.58. The van der Waals surface area contributed by atoms with E-state index in [1.165, 1.54) is 5.56 Å². The van der Waals surface area contributed by atoms with Gasteiger partial charge in [0.05, 0.1) is 0 Å². The van der Waals surface area contributed by atoms with E-state index in [4.69, 9.17) is 0 Å². The van der Waals surface area contributed by atoms with Crippen LogP contribution in [0, 0.1) is 6.92 Å². The molecule has 0 aliphatic carbocycles. The van der Waals surface area contributed by atoms with Gasteiger partial charge < -0.3 is 0 Å². The summed E-state index contributed by atoms with van der Waals surface area (Å²) in [4.78, 5) is 15.2. The van der Waals surface area contributed by atoms with Gasteiger partial charge in [-0.2, -0.15) is 0 Å². The maximum absolute atomic E-state index is 11.3. The Morgan fingerprint density at radius 3 is 2.50 bits per heavy atom. The van der Waals surface area contributed by atoms with Gasteiger partial charge in [0.15, 0.2) is 0 Å². The molecule has 0 atom stereocenters. The highest BCUT2D eigenvalue weighted by Gasteiger charge is 2.00. The number of nitrogens with zero attached hydrogens (tertiary/aromatic N) is 2. The maximum atomic E-state index is 11.3. The summed E-state index contributed by atoms with van der Waals surface area (Å²) in [7, 11) is 0. The second-order valence-electron chi connectivity index (χ2n) is 3.78. The molecule has 16 heavy (non-hydrogen) atoms. The van der Waals surface area contributed by atoms with Gasteiger partial charge in [-0.3, -0.25) is 4.57 Å². The SMILES string of the molecule is CCn1cc(-c2ccc(C)cc2)cnc1=O. The first-order chi connectivity index (χ1) is 7.70. The average molecular weight is 214 g/mol. The Hall–Kier alpha value is -1.90. The zero-order valence-electron chi connectivity index (χ0n) is 9.47. The molecule has 0 saturated heterocycles. The molecule has 0 saturated carbocycles. The molecule has 2 rings (SSSR count). The van der Waals surface area contributed by atoms with E-state index in [9.17, 15) is 4.79 Å². The van der Waals surface area contributed by atoms with Crippen LogP contribution in [0.15, 0.2) is 41.5 Å². The third-order valence-electron chi connectivity index (χ3n) is 2.58. The summed E-state index contributed by atoms with van der Waals surface area (Å²) < 4.78 is 1.61. The molecule has 0 aliphatic heterocycles. The Labute approximate surface area is 94.4 Å². The van der Waals surface area contributed by atoms with E-state index in [1.807, 2.05) is 25.3 Å². The van der Waals surface area contributed by atoms with Crippen LogP contribution in [-0.2, 0) is 6.54 Å². The predicted molar refractivity (Wildman–Crippen MR) is 64.3 cm³/mol. The lowest BCUT2D eigenvalue weighted by atomic mass is 10.1. The summed E-state index contributed by atoms with van der Waals surface area (Å²) in [6, 6.07) is 8.18. The van der Waals surface area contributed by atoms with Crippen LogP contribution in [0.25, 0.3) is 11.1 Å². The van der Waals surface area contributed by atoms with Crippen molar-refractivity contribution in [2.24, 2.45) is 0 Å². The molecule has 0 unspecified atom stereocenters. The summed E-state index contributed by atoms with van der Waals surface area (Å²) in [6.07, 6.45) is 3.47. The first kappa shape index (κ1) is 10.6. The van der Waals surface area contributed by atoms with Crippen molar-refractivity contribution in [3.05, 3.63) is 52.7 Å².